The molecule has 1 unspecified atom stereocenters. The molecule has 0 aliphatic carbocycles. The Hall–Kier alpha value is -0.860. The predicted molar refractivity (Wildman–Crippen MR) is 56.4 cm³/mol. The van der Waals surface area contributed by atoms with Crippen molar-refractivity contribution in [1.29, 1.82) is 0 Å². The summed E-state index contributed by atoms with van der Waals surface area (Å²) in [6.45, 7) is 3.71. The lowest BCUT2D eigenvalue weighted by molar-refractivity contribution is -0.127. The van der Waals surface area contributed by atoms with Gasteiger partial charge in [0.25, 0.3) is 0 Å². The SMILES string of the molecule is CC(=O)C(C)OCc1ccc(Cl)cc1. The first-order valence-corrected chi connectivity index (χ1v) is 4.84. The van der Waals surface area contributed by atoms with Gasteiger partial charge in [-0.1, -0.05) is 23.7 Å². The summed E-state index contributed by atoms with van der Waals surface area (Å²) < 4.78 is 5.34. The van der Waals surface area contributed by atoms with Gasteiger partial charge in [0.15, 0.2) is 5.78 Å². The van der Waals surface area contributed by atoms with Crippen LogP contribution in [0.4, 0.5) is 0 Å². The van der Waals surface area contributed by atoms with Gasteiger partial charge in [0.2, 0.25) is 0 Å². The number of carbonyl (C=O) groups is 1. The minimum atomic E-state index is -0.342. The summed E-state index contributed by atoms with van der Waals surface area (Å²) in [4.78, 5) is 10.9. The van der Waals surface area contributed by atoms with Crippen molar-refractivity contribution in [2.75, 3.05) is 0 Å². The molecule has 0 saturated heterocycles. The number of halogens is 1. The van der Waals surface area contributed by atoms with E-state index in [1.165, 1.54) is 6.92 Å². The van der Waals surface area contributed by atoms with E-state index in [0.717, 1.165) is 5.56 Å². The minimum Gasteiger partial charge on any atom is -0.366 e. The fraction of sp³-hybridized carbons (Fsp3) is 0.364. The molecule has 0 bridgehead atoms. The molecule has 76 valence electrons. The fourth-order valence-corrected chi connectivity index (χ4v) is 1.05. The zero-order valence-electron chi connectivity index (χ0n) is 8.29. The maximum atomic E-state index is 10.9. The fourth-order valence-electron chi connectivity index (χ4n) is 0.919. The first kappa shape index (κ1) is 11.2. The van der Waals surface area contributed by atoms with Crippen molar-refractivity contribution in [3.05, 3.63) is 34.9 Å². The second kappa shape index (κ2) is 5.13. The molecule has 0 N–H and O–H groups in total. The van der Waals surface area contributed by atoms with E-state index in [1.54, 1.807) is 19.1 Å². The molecular weight excluding hydrogens is 200 g/mol. The van der Waals surface area contributed by atoms with Crippen molar-refractivity contribution >= 4 is 17.4 Å². The van der Waals surface area contributed by atoms with E-state index >= 15 is 0 Å². The minimum absolute atomic E-state index is 0.0407. The van der Waals surface area contributed by atoms with Gasteiger partial charge in [-0.25, -0.2) is 0 Å². The zero-order chi connectivity index (χ0) is 10.6. The second-order valence-corrected chi connectivity index (χ2v) is 3.63. The van der Waals surface area contributed by atoms with Crippen LogP contribution >= 0.6 is 11.6 Å². The molecule has 2 nitrogen and oxygen atoms in total. The van der Waals surface area contributed by atoms with Crippen LogP contribution in [-0.4, -0.2) is 11.9 Å². The van der Waals surface area contributed by atoms with Gasteiger partial charge in [-0.2, -0.15) is 0 Å². The summed E-state index contributed by atoms with van der Waals surface area (Å²) in [5.41, 5.74) is 1.02. The van der Waals surface area contributed by atoms with Crippen LogP contribution in [0.25, 0.3) is 0 Å². The van der Waals surface area contributed by atoms with Gasteiger partial charge < -0.3 is 4.74 Å². The third-order valence-corrected chi connectivity index (χ3v) is 2.24. The smallest absolute Gasteiger partial charge is 0.158 e. The highest BCUT2D eigenvalue weighted by atomic mass is 35.5. The molecule has 0 aliphatic rings. The van der Waals surface area contributed by atoms with Crippen LogP contribution in [0.5, 0.6) is 0 Å². The van der Waals surface area contributed by atoms with E-state index < -0.39 is 0 Å². The second-order valence-electron chi connectivity index (χ2n) is 3.19. The van der Waals surface area contributed by atoms with E-state index in [4.69, 9.17) is 16.3 Å². The van der Waals surface area contributed by atoms with Crippen LogP contribution in [0.3, 0.4) is 0 Å². The number of hydrogen-bond donors (Lipinski definition) is 0. The molecule has 0 aliphatic heterocycles. The molecule has 1 aromatic rings. The van der Waals surface area contributed by atoms with Crippen LogP contribution in [0.15, 0.2) is 24.3 Å². The Bertz CT molecular complexity index is 306. The normalized spacial score (nSPS) is 12.5. The van der Waals surface area contributed by atoms with Crippen molar-refractivity contribution in [2.24, 2.45) is 0 Å². The van der Waals surface area contributed by atoms with E-state index in [2.05, 4.69) is 0 Å². The van der Waals surface area contributed by atoms with Crippen LogP contribution < -0.4 is 0 Å². The number of carbonyl (C=O) groups excluding carboxylic acids is 1. The van der Waals surface area contributed by atoms with E-state index in [-0.39, 0.29) is 11.9 Å². The Morgan fingerprint density at radius 2 is 2.00 bits per heavy atom. The van der Waals surface area contributed by atoms with Gasteiger partial charge in [-0.15, -0.1) is 0 Å². The van der Waals surface area contributed by atoms with Crippen molar-refractivity contribution in [2.45, 2.75) is 26.6 Å². The Morgan fingerprint density at radius 3 is 2.50 bits per heavy atom. The standard InChI is InChI=1S/C11H13ClO2/c1-8(13)9(2)14-7-10-3-5-11(12)6-4-10/h3-6,9H,7H2,1-2H3. The number of ketones is 1. The molecule has 1 atom stereocenters. The van der Waals surface area contributed by atoms with Gasteiger partial charge in [-0.3, -0.25) is 4.79 Å². The maximum Gasteiger partial charge on any atom is 0.158 e. The highest BCUT2D eigenvalue weighted by Crippen LogP contribution is 2.10. The molecule has 0 saturated carbocycles. The van der Waals surface area contributed by atoms with Crippen LogP contribution in [0.1, 0.15) is 19.4 Å². The topological polar surface area (TPSA) is 26.3 Å². The highest BCUT2D eigenvalue weighted by molar-refractivity contribution is 6.30. The number of rotatable bonds is 4. The number of ether oxygens (including phenoxy) is 1. The van der Waals surface area contributed by atoms with Crippen molar-refractivity contribution in [3.8, 4) is 0 Å². The first-order valence-electron chi connectivity index (χ1n) is 4.46. The summed E-state index contributed by atoms with van der Waals surface area (Å²) in [5.74, 6) is 0.0407. The Labute approximate surface area is 88.8 Å². The molecule has 0 heterocycles. The molecule has 0 aromatic heterocycles. The van der Waals surface area contributed by atoms with Crippen molar-refractivity contribution in [3.63, 3.8) is 0 Å². The number of hydrogen-bond acceptors (Lipinski definition) is 2. The van der Waals surface area contributed by atoms with E-state index in [9.17, 15) is 4.79 Å². The first-order chi connectivity index (χ1) is 6.59. The molecule has 0 amide bonds. The Morgan fingerprint density at radius 1 is 1.43 bits per heavy atom. The molecule has 3 heteroatoms. The number of Topliss-reactive ketones (excluding diaryl/α,β-unsaturated/α-hetero) is 1. The monoisotopic (exact) mass is 212 g/mol. The summed E-state index contributed by atoms with van der Waals surface area (Å²) in [7, 11) is 0. The lowest BCUT2D eigenvalue weighted by Crippen LogP contribution is -2.17. The molecular formula is C11H13ClO2. The van der Waals surface area contributed by atoms with Gasteiger partial charge in [0, 0.05) is 5.02 Å². The Kier molecular flexibility index (Phi) is 4.11. The van der Waals surface area contributed by atoms with Gasteiger partial charge in [0.05, 0.1) is 6.61 Å². The summed E-state index contributed by atoms with van der Waals surface area (Å²) in [6, 6.07) is 7.38. The molecule has 0 spiro atoms. The molecule has 0 radical (unpaired) electrons. The average Bonchev–Trinajstić information content (AvgIpc) is 2.16. The predicted octanol–water partition coefficient (Wildman–Crippen LogP) is 2.83. The molecule has 14 heavy (non-hydrogen) atoms. The Balaban J connectivity index is 2.46. The molecule has 1 aromatic carbocycles. The van der Waals surface area contributed by atoms with Gasteiger partial charge in [-0.05, 0) is 31.5 Å². The maximum absolute atomic E-state index is 10.9. The molecule has 1 rings (SSSR count). The third kappa shape index (κ3) is 3.48. The van der Waals surface area contributed by atoms with Crippen LogP contribution in [0, 0.1) is 0 Å². The summed E-state index contributed by atoms with van der Waals surface area (Å²) >= 11 is 5.73. The van der Waals surface area contributed by atoms with E-state index in [0.29, 0.717) is 11.6 Å². The summed E-state index contributed by atoms with van der Waals surface area (Å²) in [6.07, 6.45) is -0.342. The van der Waals surface area contributed by atoms with Gasteiger partial charge in [0.1, 0.15) is 6.10 Å². The highest BCUT2D eigenvalue weighted by Gasteiger charge is 2.06. The largest absolute Gasteiger partial charge is 0.366 e. The third-order valence-electron chi connectivity index (χ3n) is 1.99. The summed E-state index contributed by atoms with van der Waals surface area (Å²) in [5, 5.41) is 0.702. The van der Waals surface area contributed by atoms with Gasteiger partial charge >= 0.3 is 0 Å². The van der Waals surface area contributed by atoms with E-state index in [1.807, 2.05) is 12.1 Å². The number of benzene rings is 1. The average molecular weight is 213 g/mol. The van der Waals surface area contributed by atoms with Crippen LogP contribution in [-0.2, 0) is 16.1 Å². The van der Waals surface area contributed by atoms with Crippen molar-refractivity contribution < 1.29 is 9.53 Å². The van der Waals surface area contributed by atoms with Crippen LogP contribution in [0.2, 0.25) is 5.02 Å². The lowest BCUT2D eigenvalue weighted by Gasteiger charge is -2.09. The van der Waals surface area contributed by atoms with Crippen molar-refractivity contribution in [1.82, 2.24) is 0 Å². The molecule has 0 fully saturated rings. The zero-order valence-corrected chi connectivity index (χ0v) is 9.04. The lowest BCUT2D eigenvalue weighted by atomic mass is 10.2. The quantitative estimate of drug-likeness (QED) is 0.767.